The molecule has 0 bridgehead atoms. The quantitative estimate of drug-likeness (QED) is 0.244. The number of hydrogen-bond acceptors (Lipinski definition) is 3. The van der Waals surface area contributed by atoms with Gasteiger partial charge >= 0.3 is 18.3 Å². The van der Waals surface area contributed by atoms with E-state index in [1.165, 1.54) is 0 Å². The van der Waals surface area contributed by atoms with Gasteiger partial charge in [-0.25, -0.2) is 0 Å². The van der Waals surface area contributed by atoms with Crippen molar-refractivity contribution >= 4 is 28.6 Å². The molecule has 0 aromatic heterocycles. The topological polar surface area (TPSA) is 46.5 Å². The maximum Gasteiger partial charge on any atom is 0.430 e. The predicted molar refractivity (Wildman–Crippen MR) is 76.2 cm³/mol. The summed E-state index contributed by atoms with van der Waals surface area (Å²) in [6, 6.07) is 2.35. The maximum atomic E-state index is 12.7. The number of carbonyl (C=O) groups is 1. The fourth-order valence-electron chi connectivity index (χ4n) is 1.60. The van der Waals surface area contributed by atoms with Crippen LogP contribution in [0.25, 0.3) is 0 Å². The van der Waals surface area contributed by atoms with Gasteiger partial charge in [-0.15, -0.1) is 0 Å². The fraction of sp³-hybridized carbons (Fsp3) is 0.462. The molecule has 3 nitrogen and oxygen atoms in total. The number of alkyl halides is 7. The smallest absolute Gasteiger partial charge is 0.426 e. The van der Waals surface area contributed by atoms with Crippen LogP contribution in [0.2, 0.25) is 0 Å². The molecule has 0 aliphatic carbocycles. The van der Waals surface area contributed by atoms with Crippen LogP contribution in [0.3, 0.4) is 0 Å². The lowest BCUT2D eigenvalue weighted by Gasteiger charge is -2.32. The van der Waals surface area contributed by atoms with Crippen molar-refractivity contribution in [2.45, 2.75) is 35.2 Å². The van der Waals surface area contributed by atoms with Crippen molar-refractivity contribution in [1.82, 2.24) is 0 Å². The average Bonchev–Trinajstić information content (AvgIpc) is 2.43. The molecular formula is C13H11F6IO3. The third kappa shape index (κ3) is 4.08. The van der Waals surface area contributed by atoms with E-state index in [-0.39, 0.29) is 5.75 Å². The van der Waals surface area contributed by atoms with Gasteiger partial charge < -0.3 is 9.84 Å². The fourth-order valence-corrected chi connectivity index (χ4v) is 1.73. The van der Waals surface area contributed by atoms with Gasteiger partial charge in [-0.1, -0.05) is 41.6 Å². The molecule has 1 unspecified atom stereocenters. The lowest BCUT2D eigenvalue weighted by Crippen LogP contribution is -2.53. The van der Waals surface area contributed by atoms with E-state index >= 15 is 0 Å². The van der Waals surface area contributed by atoms with Crippen LogP contribution in [-0.4, -0.2) is 27.4 Å². The van der Waals surface area contributed by atoms with Gasteiger partial charge in [-0.2, -0.15) is 26.3 Å². The van der Waals surface area contributed by atoms with Gasteiger partial charge in [0.15, 0.2) is 0 Å². The summed E-state index contributed by atoms with van der Waals surface area (Å²) in [5.41, 5.74) is -6.42. The average molecular weight is 456 g/mol. The number of ether oxygens (including phenoxy) is 1. The summed E-state index contributed by atoms with van der Waals surface area (Å²) in [6.07, 6.45) is -11.5. The van der Waals surface area contributed by atoms with E-state index in [4.69, 9.17) is 4.74 Å². The number of carbonyl (C=O) groups excluding carboxylic acids is 1. The van der Waals surface area contributed by atoms with Crippen LogP contribution in [0.5, 0.6) is 5.75 Å². The van der Waals surface area contributed by atoms with Crippen LogP contribution < -0.4 is 4.74 Å². The number of esters is 1. The molecule has 1 N–H and O–H groups in total. The molecule has 1 rings (SSSR count). The van der Waals surface area contributed by atoms with Gasteiger partial charge in [0.1, 0.15) is 9.67 Å². The van der Waals surface area contributed by atoms with Gasteiger partial charge in [-0.05, 0) is 18.6 Å². The molecule has 0 saturated carbocycles. The minimum absolute atomic E-state index is 0.222. The third-order valence-corrected chi connectivity index (χ3v) is 4.31. The molecule has 0 heterocycles. The Labute approximate surface area is 140 Å². The summed E-state index contributed by atoms with van der Waals surface area (Å²) in [4.78, 5) is 11.5. The van der Waals surface area contributed by atoms with E-state index in [0.29, 0.717) is 18.6 Å². The second-order valence-corrected chi connectivity index (χ2v) is 6.03. The van der Waals surface area contributed by atoms with E-state index in [0.717, 1.165) is 12.1 Å². The maximum absolute atomic E-state index is 12.7. The lowest BCUT2D eigenvalue weighted by atomic mass is 9.92. The Morgan fingerprint density at radius 1 is 1.13 bits per heavy atom. The van der Waals surface area contributed by atoms with Crippen LogP contribution >= 0.6 is 22.6 Å². The SMILES string of the molecule is CCC(I)C(=O)Oc1ccc(C(O)(C(F)(F)F)C(F)(F)F)cc1. The molecule has 1 atom stereocenters. The van der Waals surface area contributed by atoms with Crippen LogP contribution in [0, 0.1) is 0 Å². The zero-order chi connectivity index (χ0) is 18.1. The standard InChI is InChI=1S/C13H11F6IO3/c1-2-9(20)10(21)23-8-5-3-7(4-6-8)11(22,12(14,15)16)13(17,18)19/h3-6,9,22H,2H2,1H3. The van der Waals surface area contributed by atoms with E-state index in [1.807, 2.05) is 0 Å². The minimum atomic E-state index is -5.96. The van der Waals surface area contributed by atoms with Gasteiger partial charge in [0.25, 0.3) is 5.60 Å². The summed E-state index contributed by atoms with van der Waals surface area (Å²) in [5.74, 6) is -0.900. The Morgan fingerprint density at radius 2 is 1.57 bits per heavy atom. The number of rotatable bonds is 4. The zero-order valence-corrected chi connectivity index (χ0v) is 13.7. The van der Waals surface area contributed by atoms with Crippen molar-refractivity contribution in [1.29, 1.82) is 0 Å². The third-order valence-electron chi connectivity index (χ3n) is 2.93. The number of aliphatic hydroxyl groups is 1. The van der Waals surface area contributed by atoms with Crippen molar-refractivity contribution in [3.05, 3.63) is 29.8 Å². The summed E-state index contributed by atoms with van der Waals surface area (Å²) in [5, 5.41) is 9.20. The van der Waals surface area contributed by atoms with Crippen LogP contribution in [-0.2, 0) is 10.4 Å². The van der Waals surface area contributed by atoms with Crippen molar-refractivity contribution < 1.29 is 41.0 Å². The molecule has 0 amide bonds. The van der Waals surface area contributed by atoms with E-state index in [9.17, 15) is 36.2 Å². The summed E-state index contributed by atoms with van der Waals surface area (Å²) in [7, 11) is 0. The molecule has 10 heteroatoms. The van der Waals surface area contributed by atoms with Crippen molar-refractivity contribution in [3.63, 3.8) is 0 Å². The molecule has 0 fully saturated rings. The molecule has 23 heavy (non-hydrogen) atoms. The molecular weight excluding hydrogens is 445 g/mol. The molecule has 0 aliphatic rings. The number of benzene rings is 1. The molecule has 1 aromatic carbocycles. The Balaban J connectivity index is 3.13. The molecule has 0 aliphatic heterocycles. The molecule has 0 radical (unpaired) electrons. The van der Waals surface area contributed by atoms with E-state index < -0.39 is 33.4 Å². The number of halogens is 7. The van der Waals surface area contributed by atoms with Crippen molar-refractivity contribution in [3.8, 4) is 5.75 Å². The highest BCUT2D eigenvalue weighted by Crippen LogP contribution is 2.50. The first kappa shape index (κ1) is 20.0. The summed E-state index contributed by atoms with van der Waals surface area (Å²) < 4.78 is 80.5. The highest BCUT2D eigenvalue weighted by Gasteiger charge is 2.71. The first-order valence-electron chi connectivity index (χ1n) is 6.16. The molecule has 130 valence electrons. The highest BCUT2D eigenvalue weighted by atomic mass is 127. The Morgan fingerprint density at radius 3 is 1.91 bits per heavy atom. The van der Waals surface area contributed by atoms with Crippen LogP contribution in [0.1, 0.15) is 18.9 Å². The largest absolute Gasteiger partial charge is 0.430 e. The second-order valence-electron chi connectivity index (χ2n) is 4.53. The summed E-state index contributed by atoms with van der Waals surface area (Å²) >= 11 is 1.79. The molecule has 0 saturated heterocycles. The number of hydrogen-bond donors (Lipinski definition) is 1. The monoisotopic (exact) mass is 456 g/mol. The van der Waals surface area contributed by atoms with Crippen molar-refractivity contribution in [2.75, 3.05) is 0 Å². The first-order chi connectivity index (χ1) is 10.3. The lowest BCUT2D eigenvalue weighted by molar-refractivity contribution is -0.376. The molecule has 1 aromatic rings. The normalized spacial score (nSPS) is 14.5. The van der Waals surface area contributed by atoms with E-state index in [2.05, 4.69) is 0 Å². The Kier molecular flexibility index (Phi) is 5.94. The van der Waals surface area contributed by atoms with Crippen molar-refractivity contribution in [2.24, 2.45) is 0 Å². The molecule has 0 spiro atoms. The van der Waals surface area contributed by atoms with Gasteiger partial charge in [0, 0.05) is 5.56 Å². The van der Waals surface area contributed by atoms with Crippen LogP contribution in [0.15, 0.2) is 24.3 Å². The van der Waals surface area contributed by atoms with E-state index in [1.54, 1.807) is 29.5 Å². The summed E-state index contributed by atoms with van der Waals surface area (Å²) in [6.45, 7) is 1.70. The van der Waals surface area contributed by atoms with Gasteiger partial charge in [0.05, 0.1) is 0 Å². The minimum Gasteiger partial charge on any atom is -0.426 e. The van der Waals surface area contributed by atoms with Gasteiger partial charge in [0.2, 0.25) is 0 Å². The zero-order valence-electron chi connectivity index (χ0n) is 11.5. The Bertz CT molecular complexity index is 538. The predicted octanol–water partition coefficient (Wildman–Crippen LogP) is 4.12. The van der Waals surface area contributed by atoms with Gasteiger partial charge in [-0.3, -0.25) is 4.79 Å². The Hall–Kier alpha value is -1.04. The van der Waals surface area contributed by atoms with Crippen LogP contribution in [0.4, 0.5) is 26.3 Å². The second kappa shape index (κ2) is 6.83. The highest BCUT2D eigenvalue weighted by molar-refractivity contribution is 14.1. The first-order valence-corrected chi connectivity index (χ1v) is 7.41.